The molecule has 0 spiro atoms. The Kier molecular flexibility index (Phi) is 38.3. The van der Waals surface area contributed by atoms with Crippen molar-refractivity contribution in [3.05, 3.63) is 97.2 Å². The van der Waals surface area contributed by atoms with Crippen LogP contribution in [0.3, 0.4) is 0 Å². The molecule has 0 saturated carbocycles. The molecule has 9 nitrogen and oxygen atoms in total. The first-order valence-electron chi connectivity index (χ1n) is 20.7. The molecule has 0 radical (unpaired) electrons. The number of esters is 2. The highest BCUT2D eigenvalue weighted by molar-refractivity contribution is 7.47. The Balaban J connectivity index is 4.35. The fraction of sp³-hybridized carbons (Fsp3) is 0.600. The van der Waals surface area contributed by atoms with E-state index in [2.05, 4.69) is 98.9 Å². The number of rotatable bonds is 37. The molecule has 0 aromatic heterocycles. The molecule has 0 aliphatic heterocycles. The van der Waals surface area contributed by atoms with E-state index in [1.807, 2.05) is 12.2 Å². The Bertz CT molecular complexity index is 1220. The van der Waals surface area contributed by atoms with Crippen molar-refractivity contribution in [1.82, 2.24) is 0 Å². The third-order valence-corrected chi connectivity index (χ3v) is 8.95. The Morgan fingerprint density at radius 3 is 1.56 bits per heavy atom. The second kappa shape index (κ2) is 40.6. The summed E-state index contributed by atoms with van der Waals surface area (Å²) in [4.78, 5) is 34.8. The van der Waals surface area contributed by atoms with Crippen molar-refractivity contribution in [3.63, 3.8) is 0 Å². The third kappa shape index (κ3) is 40.4. The van der Waals surface area contributed by atoms with Crippen molar-refractivity contribution in [2.45, 2.75) is 148 Å². The average molecular weight is 788 g/mol. The minimum absolute atomic E-state index is 0.0354. The van der Waals surface area contributed by atoms with Crippen LogP contribution in [0.4, 0.5) is 0 Å². The van der Waals surface area contributed by atoms with Crippen LogP contribution in [0.5, 0.6) is 0 Å². The molecule has 55 heavy (non-hydrogen) atoms. The van der Waals surface area contributed by atoms with Crippen LogP contribution in [0.15, 0.2) is 97.2 Å². The standard InChI is InChI=1S/C45H74NO8P/c1-3-5-7-9-11-13-15-17-19-20-21-22-24-25-27-29-31-33-35-37-44(47)51-41-43(42-53-55(49,50)52-40-39-46)54-45(48)38-36-34-32-30-28-26-23-18-16-14-12-10-8-6-4-2/h6,8,11-14,17-19,21-23,25,27,31,33,43H,3-5,7,9-10,15-16,20,24,26,28-30,32,34-42,46H2,1-2H3,(H,49,50)/b8-6+,13-11+,14-12+,19-17+,22-21+,23-18+,27-25+,33-31+/t43-/m1/s1. The maximum atomic E-state index is 12.6. The zero-order chi connectivity index (χ0) is 40.3. The van der Waals surface area contributed by atoms with Crippen LogP contribution in [0.2, 0.25) is 0 Å². The van der Waals surface area contributed by atoms with E-state index in [1.165, 1.54) is 25.7 Å². The molecule has 312 valence electrons. The van der Waals surface area contributed by atoms with Gasteiger partial charge in [0.05, 0.1) is 13.2 Å². The van der Waals surface area contributed by atoms with Crippen molar-refractivity contribution < 1.29 is 37.6 Å². The molecule has 0 rings (SSSR count). The van der Waals surface area contributed by atoms with Gasteiger partial charge in [-0.25, -0.2) is 4.57 Å². The number of nitrogens with two attached hydrogens (primary N) is 1. The summed E-state index contributed by atoms with van der Waals surface area (Å²) in [6, 6.07) is 0. The van der Waals surface area contributed by atoms with E-state index in [1.54, 1.807) is 0 Å². The van der Waals surface area contributed by atoms with E-state index in [-0.39, 0.29) is 32.6 Å². The molecule has 2 atom stereocenters. The highest BCUT2D eigenvalue weighted by Crippen LogP contribution is 2.43. The lowest BCUT2D eigenvalue weighted by molar-refractivity contribution is -0.161. The first-order chi connectivity index (χ1) is 26.8. The van der Waals surface area contributed by atoms with Gasteiger partial charge in [0, 0.05) is 19.4 Å². The normalized spacial score (nSPS) is 14.3. The second-order valence-electron chi connectivity index (χ2n) is 13.1. The van der Waals surface area contributed by atoms with Crippen LogP contribution in [-0.2, 0) is 32.7 Å². The van der Waals surface area contributed by atoms with Gasteiger partial charge in [-0.15, -0.1) is 0 Å². The summed E-state index contributed by atoms with van der Waals surface area (Å²) < 4.78 is 32.6. The van der Waals surface area contributed by atoms with E-state index in [4.69, 9.17) is 24.3 Å². The van der Waals surface area contributed by atoms with Crippen molar-refractivity contribution in [1.29, 1.82) is 0 Å². The van der Waals surface area contributed by atoms with Gasteiger partial charge in [-0.1, -0.05) is 143 Å². The smallest absolute Gasteiger partial charge is 0.462 e. The number of ether oxygens (including phenoxy) is 2. The number of hydrogen-bond acceptors (Lipinski definition) is 8. The molecule has 1 unspecified atom stereocenters. The minimum atomic E-state index is -4.40. The summed E-state index contributed by atoms with van der Waals surface area (Å²) in [6.45, 7) is 3.45. The SMILES string of the molecule is CC/C=C/C/C=C/C/C=C/CCCCCCCC(=O)O[C@H](COC(=O)CC/C=C/C/C=C/C/C=C/C/C=C/C/C=C/CCCCC)COP(=O)(O)OCCN. The molecule has 0 aromatic rings. The summed E-state index contributed by atoms with van der Waals surface area (Å²) in [6.07, 6.45) is 51.6. The number of carbonyl (C=O) groups is 2. The third-order valence-electron chi connectivity index (χ3n) is 7.97. The van der Waals surface area contributed by atoms with Gasteiger partial charge in [0.15, 0.2) is 6.10 Å². The Labute approximate surface area is 334 Å². The molecule has 0 bridgehead atoms. The zero-order valence-electron chi connectivity index (χ0n) is 34.1. The summed E-state index contributed by atoms with van der Waals surface area (Å²) in [5.41, 5.74) is 5.33. The fourth-order valence-corrected chi connectivity index (χ4v) is 5.69. The fourth-order valence-electron chi connectivity index (χ4n) is 4.92. The molecule has 3 N–H and O–H groups in total. The van der Waals surface area contributed by atoms with Crippen LogP contribution < -0.4 is 5.73 Å². The molecular weight excluding hydrogens is 713 g/mol. The first kappa shape index (κ1) is 51.9. The van der Waals surface area contributed by atoms with Crippen LogP contribution >= 0.6 is 7.82 Å². The molecule has 0 aromatic carbocycles. The van der Waals surface area contributed by atoms with E-state index in [0.717, 1.165) is 77.0 Å². The largest absolute Gasteiger partial charge is 0.472 e. The van der Waals surface area contributed by atoms with Crippen molar-refractivity contribution in [3.8, 4) is 0 Å². The lowest BCUT2D eigenvalue weighted by Crippen LogP contribution is -2.29. The molecule has 0 saturated heterocycles. The Morgan fingerprint density at radius 2 is 1.04 bits per heavy atom. The number of hydrogen-bond donors (Lipinski definition) is 2. The molecular formula is C45H74NO8P. The van der Waals surface area contributed by atoms with E-state index in [9.17, 15) is 19.0 Å². The summed E-state index contributed by atoms with van der Waals surface area (Å²) in [5.74, 6) is -0.956. The lowest BCUT2D eigenvalue weighted by atomic mass is 10.1. The minimum Gasteiger partial charge on any atom is -0.462 e. The van der Waals surface area contributed by atoms with Gasteiger partial charge in [0.25, 0.3) is 0 Å². The van der Waals surface area contributed by atoms with Gasteiger partial charge in [0.1, 0.15) is 6.61 Å². The number of phosphoric ester groups is 1. The Hall–Kier alpha value is -3.07. The summed E-state index contributed by atoms with van der Waals surface area (Å²) in [7, 11) is -4.40. The maximum absolute atomic E-state index is 12.6. The predicted octanol–water partition coefficient (Wildman–Crippen LogP) is 11.8. The molecule has 0 aliphatic rings. The lowest BCUT2D eigenvalue weighted by Gasteiger charge is -2.19. The monoisotopic (exact) mass is 788 g/mol. The topological polar surface area (TPSA) is 134 Å². The highest BCUT2D eigenvalue weighted by atomic mass is 31.2. The molecule has 0 aliphatic carbocycles. The van der Waals surface area contributed by atoms with Gasteiger partial charge in [-0.3, -0.25) is 18.6 Å². The summed E-state index contributed by atoms with van der Waals surface area (Å²) >= 11 is 0. The van der Waals surface area contributed by atoms with E-state index in [0.29, 0.717) is 12.8 Å². The van der Waals surface area contributed by atoms with Crippen LogP contribution in [0.25, 0.3) is 0 Å². The van der Waals surface area contributed by atoms with E-state index < -0.39 is 32.5 Å². The van der Waals surface area contributed by atoms with Crippen LogP contribution in [0, 0.1) is 0 Å². The highest BCUT2D eigenvalue weighted by Gasteiger charge is 2.25. The average Bonchev–Trinajstić information content (AvgIpc) is 3.17. The maximum Gasteiger partial charge on any atom is 0.472 e. The van der Waals surface area contributed by atoms with Crippen LogP contribution in [-0.4, -0.2) is 49.3 Å². The number of carbonyl (C=O) groups excluding carboxylic acids is 2. The number of unbranched alkanes of at least 4 members (excludes halogenated alkanes) is 8. The summed E-state index contributed by atoms with van der Waals surface area (Å²) in [5, 5.41) is 0. The quantitative estimate of drug-likeness (QED) is 0.0273. The number of phosphoric acid groups is 1. The molecule has 0 fully saturated rings. The van der Waals surface area contributed by atoms with E-state index >= 15 is 0 Å². The van der Waals surface area contributed by atoms with Gasteiger partial charge in [-0.05, 0) is 83.5 Å². The van der Waals surface area contributed by atoms with Crippen molar-refractivity contribution in [2.75, 3.05) is 26.4 Å². The number of allylic oxidation sites excluding steroid dienone is 16. The van der Waals surface area contributed by atoms with Gasteiger partial charge >= 0.3 is 19.8 Å². The second-order valence-corrected chi connectivity index (χ2v) is 14.6. The van der Waals surface area contributed by atoms with Gasteiger partial charge < -0.3 is 20.1 Å². The first-order valence-corrected chi connectivity index (χ1v) is 22.2. The molecule has 0 amide bonds. The molecule has 0 heterocycles. The van der Waals surface area contributed by atoms with Crippen molar-refractivity contribution >= 4 is 19.8 Å². The molecule has 10 heteroatoms. The predicted molar refractivity (Wildman–Crippen MR) is 228 cm³/mol. The Morgan fingerprint density at radius 1 is 0.564 bits per heavy atom. The zero-order valence-corrected chi connectivity index (χ0v) is 35.0. The van der Waals surface area contributed by atoms with Gasteiger partial charge in [0.2, 0.25) is 0 Å². The van der Waals surface area contributed by atoms with Crippen LogP contribution in [0.1, 0.15) is 142 Å². The van der Waals surface area contributed by atoms with Crippen molar-refractivity contribution in [2.24, 2.45) is 5.73 Å². The van der Waals surface area contributed by atoms with Gasteiger partial charge in [-0.2, -0.15) is 0 Å².